The van der Waals surface area contributed by atoms with Gasteiger partial charge in [0.05, 0.1) is 11.1 Å². The number of amides is 1. The third-order valence-corrected chi connectivity index (χ3v) is 5.12. The molecule has 0 saturated heterocycles. The monoisotopic (exact) mass is 367 g/mol. The van der Waals surface area contributed by atoms with Crippen LogP contribution in [0.1, 0.15) is 28.0 Å². The highest BCUT2D eigenvalue weighted by Crippen LogP contribution is 2.38. The summed E-state index contributed by atoms with van der Waals surface area (Å²) in [6.07, 6.45) is -1.41. The molecule has 0 aliphatic heterocycles. The van der Waals surface area contributed by atoms with Crippen LogP contribution in [0.15, 0.2) is 23.1 Å². The van der Waals surface area contributed by atoms with Crippen molar-refractivity contribution < 1.29 is 18.0 Å². The van der Waals surface area contributed by atoms with E-state index in [-0.39, 0.29) is 0 Å². The van der Waals surface area contributed by atoms with E-state index in [4.69, 9.17) is 0 Å². The van der Waals surface area contributed by atoms with Crippen molar-refractivity contribution in [3.8, 4) is 6.07 Å². The normalized spacial score (nSPS) is 13.4. The summed E-state index contributed by atoms with van der Waals surface area (Å²) in [6.45, 7) is -0.559. The Labute approximate surface area is 144 Å². The molecule has 1 aliphatic rings. The lowest BCUT2D eigenvalue weighted by atomic mass is 10.1. The number of nitriles is 1. The van der Waals surface area contributed by atoms with Crippen LogP contribution >= 0.6 is 11.3 Å². The van der Waals surface area contributed by atoms with Crippen molar-refractivity contribution >= 4 is 22.2 Å². The van der Waals surface area contributed by atoms with Gasteiger partial charge < -0.3 is 9.88 Å². The average molecular weight is 367 g/mol. The Morgan fingerprint density at radius 1 is 1.36 bits per heavy atom. The molecule has 0 atom stereocenters. The van der Waals surface area contributed by atoms with E-state index in [1.54, 1.807) is 0 Å². The van der Waals surface area contributed by atoms with Gasteiger partial charge in [-0.3, -0.25) is 9.59 Å². The number of alkyl halides is 3. The van der Waals surface area contributed by atoms with Crippen molar-refractivity contribution in [1.29, 1.82) is 5.26 Å². The summed E-state index contributed by atoms with van der Waals surface area (Å²) in [6, 6.07) is 3.51. The van der Waals surface area contributed by atoms with Gasteiger partial charge in [-0.2, -0.15) is 18.4 Å². The van der Waals surface area contributed by atoms with Gasteiger partial charge >= 0.3 is 6.18 Å². The Hall–Kier alpha value is -2.60. The van der Waals surface area contributed by atoms with Crippen molar-refractivity contribution in [1.82, 2.24) is 4.57 Å². The largest absolute Gasteiger partial charge is 0.417 e. The first kappa shape index (κ1) is 17.2. The molecule has 130 valence electrons. The Kier molecular flexibility index (Phi) is 4.39. The van der Waals surface area contributed by atoms with Crippen molar-refractivity contribution in [2.45, 2.75) is 32.0 Å². The lowest BCUT2D eigenvalue weighted by Crippen LogP contribution is -2.28. The van der Waals surface area contributed by atoms with Gasteiger partial charge in [-0.05, 0) is 30.9 Å². The van der Waals surface area contributed by atoms with Gasteiger partial charge in [0.2, 0.25) is 5.91 Å². The number of aromatic nitrogens is 1. The van der Waals surface area contributed by atoms with E-state index in [9.17, 15) is 28.0 Å². The fourth-order valence-corrected chi connectivity index (χ4v) is 4.01. The zero-order valence-corrected chi connectivity index (χ0v) is 13.6. The zero-order valence-electron chi connectivity index (χ0n) is 12.8. The van der Waals surface area contributed by atoms with E-state index in [0.717, 1.165) is 35.8 Å². The molecule has 0 unspecified atom stereocenters. The lowest BCUT2D eigenvalue weighted by Gasteiger charge is -2.10. The standard InChI is InChI=1S/C16H12F3N3O2S/c17-16(18,19)9-4-5-14(24)22(7-9)8-13(23)21-15-11(6-20)10-2-1-3-12(10)25-15/h4-5,7H,1-3,8H2,(H,21,23). The summed E-state index contributed by atoms with van der Waals surface area (Å²) in [5.41, 5.74) is -0.383. The summed E-state index contributed by atoms with van der Waals surface area (Å²) in [5, 5.41) is 12.2. The molecular formula is C16H12F3N3O2S. The van der Waals surface area contributed by atoms with Crippen LogP contribution in [0.25, 0.3) is 0 Å². The summed E-state index contributed by atoms with van der Waals surface area (Å²) in [7, 11) is 0. The summed E-state index contributed by atoms with van der Waals surface area (Å²) in [5.74, 6) is -0.655. The summed E-state index contributed by atoms with van der Waals surface area (Å²) >= 11 is 1.30. The number of rotatable bonds is 3. The third-order valence-electron chi connectivity index (χ3n) is 3.91. The Bertz CT molecular complexity index is 938. The predicted molar refractivity (Wildman–Crippen MR) is 85.4 cm³/mol. The molecule has 0 fully saturated rings. The minimum Gasteiger partial charge on any atom is -0.315 e. The SMILES string of the molecule is N#Cc1c(NC(=O)Cn2cc(C(F)(F)F)ccc2=O)sc2c1CCC2. The molecule has 0 saturated carbocycles. The van der Waals surface area contributed by atoms with Crippen LogP contribution in [0.4, 0.5) is 18.2 Å². The number of thiophene rings is 1. The van der Waals surface area contributed by atoms with Crippen LogP contribution in [0, 0.1) is 11.3 Å². The van der Waals surface area contributed by atoms with Crippen LogP contribution in [-0.2, 0) is 30.4 Å². The molecule has 1 N–H and O–H groups in total. The van der Waals surface area contributed by atoms with Crippen LogP contribution in [0.2, 0.25) is 0 Å². The molecule has 5 nitrogen and oxygen atoms in total. The number of hydrogen-bond donors (Lipinski definition) is 1. The van der Waals surface area contributed by atoms with Gasteiger partial charge in [0, 0.05) is 17.1 Å². The molecule has 2 heterocycles. The predicted octanol–water partition coefficient (Wildman–Crippen LogP) is 2.93. The molecular weight excluding hydrogens is 355 g/mol. The molecule has 0 radical (unpaired) electrons. The lowest BCUT2D eigenvalue weighted by molar-refractivity contribution is -0.138. The van der Waals surface area contributed by atoms with Crippen molar-refractivity contribution in [2.24, 2.45) is 0 Å². The molecule has 0 bridgehead atoms. The highest BCUT2D eigenvalue weighted by Gasteiger charge is 2.31. The molecule has 1 aliphatic carbocycles. The average Bonchev–Trinajstić information content (AvgIpc) is 3.08. The van der Waals surface area contributed by atoms with E-state index in [0.29, 0.717) is 27.4 Å². The smallest absolute Gasteiger partial charge is 0.315 e. The number of hydrogen-bond acceptors (Lipinski definition) is 4. The molecule has 0 aromatic carbocycles. The number of nitrogens with one attached hydrogen (secondary N) is 1. The molecule has 0 spiro atoms. The maximum Gasteiger partial charge on any atom is 0.417 e. The Balaban J connectivity index is 1.80. The number of aryl methyl sites for hydroxylation is 1. The fraction of sp³-hybridized carbons (Fsp3) is 0.312. The van der Waals surface area contributed by atoms with Crippen LogP contribution in [-0.4, -0.2) is 10.5 Å². The number of halogens is 3. The molecule has 1 amide bonds. The van der Waals surface area contributed by atoms with Gasteiger partial charge in [0.1, 0.15) is 17.6 Å². The topological polar surface area (TPSA) is 74.9 Å². The second kappa shape index (κ2) is 6.37. The quantitative estimate of drug-likeness (QED) is 0.906. The van der Waals surface area contributed by atoms with Gasteiger partial charge in [-0.1, -0.05) is 0 Å². The second-order valence-electron chi connectivity index (χ2n) is 5.60. The van der Waals surface area contributed by atoms with Crippen LogP contribution in [0.5, 0.6) is 0 Å². The van der Waals surface area contributed by atoms with Crippen LogP contribution < -0.4 is 10.9 Å². The minimum absolute atomic E-state index is 0.386. The first-order chi connectivity index (χ1) is 11.8. The van der Waals surface area contributed by atoms with E-state index in [1.807, 2.05) is 0 Å². The number of anilines is 1. The van der Waals surface area contributed by atoms with E-state index < -0.39 is 29.8 Å². The maximum absolute atomic E-state index is 12.7. The number of carbonyl (C=O) groups excluding carboxylic acids is 1. The molecule has 2 aromatic rings. The van der Waals surface area contributed by atoms with Gasteiger partial charge in [0.25, 0.3) is 5.56 Å². The Morgan fingerprint density at radius 3 is 2.80 bits per heavy atom. The molecule has 2 aromatic heterocycles. The first-order valence-corrected chi connectivity index (χ1v) is 8.23. The fourth-order valence-electron chi connectivity index (χ4n) is 2.75. The number of fused-ring (bicyclic) bond motifs is 1. The van der Waals surface area contributed by atoms with Gasteiger partial charge in [-0.15, -0.1) is 11.3 Å². The van der Waals surface area contributed by atoms with Crippen molar-refractivity contribution in [3.05, 3.63) is 50.3 Å². The minimum atomic E-state index is -4.60. The second-order valence-corrected chi connectivity index (χ2v) is 6.71. The van der Waals surface area contributed by atoms with E-state index in [2.05, 4.69) is 11.4 Å². The molecule has 3 rings (SSSR count). The summed E-state index contributed by atoms with van der Waals surface area (Å²) in [4.78, 5) is 24.9. The van der Waals surface area contributed by atoms with E-state index >= 15 is 0 Å². The van der Waals surface area contributed by atoms with E-state index in [1.165, 1.54) is 11.3 Å². The number of pyridine rings is 1. The van der Waals surface area contributed by atoms with Crippen LogP contribution in [0.3, 0.4) is 0 Å². The number of carbonyl (C=O) groups is 1. The van der Waals surface area contributed by atoms with Gasteiger partial charge in [0.15, 0.2) is 0 Å². The number of nitrogens with zero attached hydrogens (tertiary/aromatic N) is 2. The first-order valence-electron chi connectivity index (χ1n) is 7.42. The third kappa shape index (κ3) is 3.44. The molecule has 9 heteroatoms. The summed E-state index contributed by atoms with van der Waals surface area (Å²) < 4.78 is 38.9. The highest BCUT2D eigenvalue weighted by atomic mass is 32.1. The highest BCUT2D eigenvalue weighted by molar-refractivity contribution is 7.16. The van der Waals surface area contributed by atoms with Gasteiger partial charge in [-0.25, -0.2) is 0 Å². The van der Waals surface area contributed by atoms with Crippen molar-refractivity contribution in [3.63, 3.8) is 0 Å². The molecule has 25 heavy (non-hydrogen) atoms. The Morgan fingerprint density at radius 2 is 2.12 bits per heavy atom. The maximum atomic E-state index is 12.7. The van der Waals surface area contributed by atoms with Crippen molar-refractivity contribution in [2.75, 3.05) is 5.32 Å². The zero-order chi connectivity index (χ0) is 18.2.